The molecule has 134 valence electrons. The van der Waals surface area contributed by atoms with E-state index in [4.69, 9.17) is 9.47 Å². The van der Waals surface area contributed by atoms with Crippen LogP contribution in [0.5, 0.6) is 0 Å². The monoisotopic (exact) mass is 332 g/mol. The summed E-state index contributed by atoms with van der Waals surface area (Å²) in [5.74, 6) is 2.02. The largest absolute Gasteiger partial charge is 0.393 e. The molecule has 0 amide bonds. The van der Waals surface area contributed by atoms with Crippen LogP contribution >= 0.6 is 0 Å². The summed E-state index contributed by atoms with van der Waals surface area (Å²) in [7, 11) is 0. The van der Waals surface area contributed by atoms with Gasteiger partial charge in [-0.05, 0) is 68.1 Å². The lowest BCUT2D eigenvalue weighted by Crippen LogP contribution is -2.55. The molecule has 1 N–H and O–H groups in total. The Hall–Kier alpha value is -0.380. The third-order valence-corrected chi connectivity index (χ3v) is 8.88. The zero-order valence-corrected chi connectivity index (χ0v) is 15.2. The van der Waals surface area contributed by atoms with Gasteiger partial charge in [-0.3, -0.25) is 0 Å². The summed E-state index contributed by atoms with van der Waals surface area (Å²) in [4.78, 5) is 0. The van der Waals surface area contributed by atoms with Gasteiger partial charge in [0.2, 0.25) is 0 Å². The summed E-state index contributed by atoms with van der Waals surface area (Å²) in [6, 6.07) is 0. The molecule has 1 aliphatic heterocycles. The first-order valence-corrected chi connectivity index (χ1v) is 10.1. The van der Waals surface area contributed by atoms with E-state index in [9.17, 15) is 5.11 Å². The maximum atomic E-state index is 10.1. The highest BCUT2D eigenvalue weighted by Crippen LogP contribution is 2.68. The smallest absolute Gasteiger partial charge is 0.174 e. The van der Waals surface area contributed by atoms with Crippen LogP contribution in [0.25, 0.3) is 0 Å². The molecule has 1 saturated heterocycles. The topological polar surface area (TPSA) is 38.7 Å². The molecule has 1 spiro atoms. The van der Waals surface area contributed by atoms with Gasteiger partial charge in [-0.2, -0.15) is 0 Å². The van der Waals surface area contributed by atoms with Gasteiger partial charge < -0.3 is 14.6 Å². The zero-order chi connectivity index (χ0) is 16.6. The summed E-state index contributed by atoms with van der Waals surface area (Å²) >= 11 is 0. The van der Waals surface area contributed by atoms with Gasteiger partial charge in [-0.15, -0.1) is 0 Å². The molecule has 3 nitrogen and oxygen atoms in total. The van der Waals surface area contributed by atoms with Crippen LogP contribution < -0.4 is 0 Å². The van der Waals surface area contributed by atoms with Gasteiger partial charge in [0, 0.05) is 11.8 Å². The molecule has 0 aromatic rings. The average Bonchev–Trinajstić information content (AvgIpc) is 3.15. The van der Waals surface area contributed by atoms with Crippen LogP contribution in [0.2, 0.25) is 0 Å². The van der Waals surface area contributed by atoms with Gasteiger partial charge in [0.1, 0.15) is 0 Å². The number of aliphatic hydroxyl groups is 1. The van der Waals surface area contributed by atoms with Crippen LogP contribution in [-0.4, -0.2) is 30.2 Å². The molecule has 6 atom stereocenters. The van der Waals surface area contributed by atoms with Crippen molar-refractivity contribution in [2.45, 2.75) is 77.1 Å². The van der Waals surface area contributed by atoms with E-state index in [-0.39, 0.29) is 17.3 Å². The second kappa shape index (κ2) is 5.08. The Morgan fingerprint density at radius 2 is 1.75 bits per heavy atom. The van der Waals surface area contributed by atoms with Gasteiger partial charge in [-0.1, -0.05) is 25.5 Å². The number of aliphatic hydroxyl groups excluding tert-OH is 1. The summed E-state index contributed by atoms with van der Waals surface area (Å²) in [6.45, 7) is 6.50. The fourth-order valence-corrected chi connectivity index (χ4v) is 7.53. The molecular weight excluding hydrogens is 300 g/mol. The van der Waals surface area contributed by atoms with Crippen LogP contribution in [0.1, 0.15) is 65.2 Å². The van der Waals surface area contributed by atoms with Crippen molar-refractivity contribution < 1.29 is 14.6 Å². The molecule has 0 bridgehead atoms. The SMILES string of the molecule is C[C@]12CC[C@H](O)CC1=CC[C@@H]1C2CC[C@@]2(C)C1CCC21OCCO1. The van der Waals surface area contributed by atoms with Crippen molar-refractivity contribution in [3.8, 4) is 0 Å². The number of ether oxygens (including phenoxy) is 2. The molecule has 0 aromatic carbocycles. The van der Waals surface area contributed by atoms with E-state index in [1.54, 1.807) is 5.57 Å². The lowest BCUT2D eigenvalue weighted by atomic mass is 9.47. The second-order valence-electron chi connectivity index (χ2n) is 9.60. The standard InChI is InChI=1S/C21H32O3/c1-19-8-5-15(22)13-14(19)3-4-16-17(19)6-9-20(2)18(16)7-10-21(20)23-11-12-24-21/h3,15-18,22H,4-13H2,1-2H3/t15-,16+,17?,18?,19-,20-/m0/s1. The third kappa shape index (κ3) is 1.84. The van der Waals surface area contributed by atoms with E-state index in [0.29, 0.717) is 5.41 Å². The van der Waals surface area contributed by atoms with Crippen molar-refractivity contribution in [2.24, 2.45) is 28.6 Å². The van der Waals surface area contributed by atoms with E-state index in [1.165, 1.54) is 32.1 Å². The van der Waals surface area contributed by atoms with Crippen molar-refractivity contribution in [3.05, 3.63) is 11.6 Å². The molecule has 4 aliphatic carbocycles. The van der Waals surface area contributed by atoms with Gasteiger partial charge in [-0.25, -0.2) is 0 Å². The quantitative estimate of drug-likeness (QED) is 0.680. The Kier molecular flexibility index (Phi) is 3.35. The minimum absolute atomic E-state index is 0.107. The molecule has 3 heteroatoms. The van der Waals surface area contributed by atoms with Gasteiger partial charge in [0.15, 0.2) is 5.79 Å². The number of hydrogen-bond donors (Lipinski definition) is 1. The van der Waals surface area contributed by atoms with E-state index in [1.807, 2.05) is 0 Å². The maximum absolute atomic E-state index is 10.1. The number of rotatable bonds is 0. The lowest BCUT2D eigenvalue weighted by Gasteiger charge is -2.58. The number of fused-ring (bicyclic) bond motifs is 6. The third-order valence-electron chi connectivity index (χ3n) is 8.88. The first-order chi connectivity index (χ1) is 11.5. The molecular formula is C21H32O3. The second-order valence-corrected chi connectivity index (χ2v) is 9.60. The highest BCUT2D eigenvalue weighted by molar-refractivity contribution is 5.26. The van der Waals surface area contributed by atoms with Gasteiger partial charge in [0.25, 0.3) is 0 Å². The zero-order valence-electron chi connectivity index (χ0n) is 15.2. The number of allylic oxidation sites excluding steroid dienone is 1. The fraction of sp³-hybridized carbons (Fsp3) is 0.905. The van der Waals surface area contributed by atoms with Gasteiger partial charge in [0.05, 0.1) is 19.3 Å². The van der Waals surface area contributed by atoms with Crippen LogP contribution in [0.15, 0.2) is 11.6 Å². The summed E-state index contributed by atoms with van der Waals surface area (Å²) in [5.41, 5.74) is 2.09. The first-order valence-electron chi connectivity index (χ1n) is 10.1. The first kappa shape index (κ1) is 15.8. The van der Waals surface area contributed by atoms with E-state index < -0.39 is 0 Å². The molecule has 5 rings (SSSR count). The van der Waals surface area contributed by atoms with Crippen molar-refractivity contribution >= 4 is 0 Å². The fourth-order valence-electron chi connectivity index (χ4n) is 7.53. The minimum atomic E-state index is -0.281. The minimum Gasteiger partial charge on any atom is -0.393 e. The van der Waals surface area contributed by atoms with Crippen molar-refractivity contribution in [3.63, 3.8) is 0 Å². The normalized spacial score (nSPS) is 52.5. The molecule has 2 unspecified atom stereocenters. The van der Waals surface area contributed by atoms with Crippen LogP contribution in [-0.2, 0) is 9.47 Å². The van der Waals surface area contributed by atoms with Crippen LogP contribution in [0.4, 0.5) is 0 Å². The van der Waals surface area contributed by atoms with Crippen molar-refractivity contribution in [1.82, 2.24) is 0 Å². The Morgan fingerprint density at radius 3 is 2.54 bits per heavy atom. The van der Waals surface area contributed by atoms with Crippen LogP contribution in [0, 0.1) is 28.6 Å². The average molecular weight is 332 g/mol. The summed E-state index contributed by atoms with van der Waals surface area (Å²) in [6.07, 6.45) is 11.6. The number of hydrogen-bond acceptors (Lipinski definition) is 3. The van der Waals surface area contributed by atoms with E-state index in [0.717, 1.165) is 50.2 Å². The molecule has 4 fully saturated rings. The molecule has 1 heterocycles. The van der Waals surface area contributed by atoms with Gasteiger partial charge >= 0.3 is 0 Å². The van der Waals surface area contributed by atoms with Crippen LogP contribution in [0.3, 0.4) is 0 Å². The Balaban J connectivity index is 1.49. The molecule has 24 heavy (non-hydrogen) atoms. The molecule has 3 saturated carbocycles. The Bertz CT molecular complexity index is 563. The van der Waals surface area contributed by atoms with Crippen molar-refractivity contribution in [1.29, 1.82) is 0 Å². The Labute approximate surface area is 145 Å². The van der Waals surface area contributed by atoms with E-state index in [2.05, 4.69) is 19.9 Å². The molecule has 5 aliphatic rings. The van der Waals surface area contributed by atoms with Crippen molar-refractivity contribution in [2.75, 3.05) is 13.2 Å². The maximum Gasteiger partial charge on any atom is 0.174 e. The lowest BCUT2D eigenvalue weighted by molar-refractivity contribution is -0.242. The molecule has 0 aromatic heterocycles. The summed E-state index contributed by atoms with van der Waals surface area (Å²) in [5, 5.41) is 10.1. The van der Waals surface area contributed by atoms with E-state index >= 15 is 0 Å². The predicted molar refractivity (Wildman–Crippen MR) is 92.3 cm³/mol. The summed E-state index contributed by atoms with van der Waals surface area (Å²) < 4.78 is 12.5. The highest BCUT2D eigenvalue weighted by Gasteiger charge is 2.66. The predicted octanol–water partition coefficient (Wildman–Crippen LogP) is 4.05. The highest BCUT2D eigenvalue weighted by atomic mass is 16.7. The Morgan fingerprint density at radius 1 is 1.00 bits per heavy atom. The molecule has 0 radical (unpaired) electrons.